The van der Waals surface area contributed by atoms with E-state index in [0.717, 1.165) is 12.1 Å². The quantitative estimate of drug-likeness (QED) is 0.181. The molecule has 0 saturated carbocycles. The molecule has 5 N–H and O–H groups in total. The Labute approximate surface area is 176 Å². The summed E-state index contributed by atoms with van der Waals surface area (Å²) >= 11 is 5.95. The highest BCUT2D eigenvalue weighted by Gasteiger charge is 2.20. The minimum atomic E-state index is -0.804. The van der Waals surface area contributed by atoms with Gasteiger partial charge in [-0.1, -0.05) is 11.6 Å². The van der Waals surface area contributed by atoms with E-state index >= 15 is 0 Å². The predicted octanol–water partition coefficient (Wildman–Crippen LogP) is 2.81. The summed E-state index contributed by atoms with van der Waals surface area (Å²) in [4.78, 5) is 15.7. The van der Waals surface area contributed by atoms with E-state index in [0.29, 0.717) is 5.06 Å². The van der Waals surface area contributed by atoms with Crippen LogP contribution in [-0.4, -0.2) is 39.9 Å². The third-order valence-corrected chi connectivity index (χ3v) is 4.16. The first-order valence-electron chi connectivity index (χ1n) is 8.59. The van der Waals surface area contributed by atoms with Gasteiger partial charge in [0, 0.05) is 23.5 Å². The first-order chi connectivity index (χ1) is 14.2. The number of nitrogens with zero attached hydrogens (tertiary/aromatic N) is 4. The molecule has 0 spiro atoms. The van der Waals surface area contributed by atoms with E-state index in [1.165, 1.54) is 12.3 Å². The lowest BCUT2D eigenvalue weighted by atomic mass is 9.99. The van der Waals surface area contributed by atoms with Crippen LogP contribution in [-0.2, 0) is 6.54 Å². The van der Waals surface area contributed by atoms with Crippen LogP contribution < -0.4 is 16.6 Å². The molecule has 0 aliphatic heterocycles. The fourth-order valence-electron chi connectivity index (χ4n) is 2.48. The summed E-state index contributed by atoms with van der Waals surface area (Å²) in [6.45, 7) is 6.16. The highest BCUT2D eigenvalue weighted by atomic mass is 35.5. The molecule has 0 aliphatic carbocycles. The SMILES string of the molecule is C=NN/C(=N/N)c1c(F)cc(Cl)cc1-c1cnc(CNC(=O)N(O)C(C)C)c(F)c1. The summed E-state index contributed by atoms with van der Waals surface area (Å²) in [5.74, 6) is 3.60. The molecule has 9 nitrogen and oxygen atoms in total. The van der Waals surface area contributed by atoms with Crippen LogP contribution in [0.15, 0.2) is 34.6 Å². The molecule has 2 rings (SSSR count). The third-order valence-electron chi connectivity index (χ3n) is 3.94. The van der Waals surface area contributed by atoms with E-state index in [2.05, 4.69) is 32.6 Å². The minimum Gasteiger partial charge on any atom is -0.330 e. The van der Waals surface area contributed by atoms with Crippen LogP contribution in [0.2, 0.25) is 5.02 Å². The Bertz CT molecular complexity index is 985. The summed E-state index contributed by atoms with van der Waals surface area (Å²) in [7, 11) is 0. The largest absolute Gasteiger partial charge is 0.341 e. The van der Waals surface area contributed by atoms with E-state index in [1.807, 2.05) is 0 Å². The summed E-state index contributed by atoms with van der Waals surface area (Å²) in [6.07, 6.45) is 1.27. The Hall–Kier alpha value is -3.31. The molecule has 1 aromatic heterocycles. The number of rotatable bonds is 6. The predicted molar refractivity (Wildman–Crippen MR) is 109 cm³/mol. The third kappa shape index (κ3) is 5.19. The maximum Gasteiger partial charge on any atom is 0.341 e. The lowest BCUT2D eigenvalue weighted by Crippen LogP contribution is -2.41. The van der Waals surface area contributed by atoms with Crippen molar-refractivity contribution in [3.63, 3.8) is 0 Å². The zero-order valence-electron chi connectivity index (χ0n) is 16.2. The van der Waals surface area contributed by atoms with Crippen molar-refractivity contribution in [2.45, 2.75) is 26.4 Å². The molecular weight excluding hydrogens is 420 g/mol. The van der Waals surface area contributed by atoms with Crippen LogP contribution in [0.4, 0.5) is 13.6 Å². The van der Waals surface area contributed by atoms with Gasteiger partial charge >= 0.3 is 6.03 Å². The van der Waals surface area contributed by atoms with Crippen molar-refractivity contribution in [3.8, 4) is 11.1 Å². The first-order valence-corrected chi connectivity index (χ1v) is 8.97. The van der Waals surface area contributed by atoms with Crippen LogP contribution in [0.1, 0.15) is 25.1 Å². The standard InChI is InChI=1S/C18H20ClF2N7O2/c1-9(2)28(30)18(29)25-8-15-13(20)4-10(7-24-15)12-5-11(19)6-14(21)16(12)17(26-22)27-23-3/h4-7,9,30H,3,8,22H2,1-2H3,(H,25,29)(H,26,27). The van der Waals surface area contributed by atoms with Crippen molar-refractivity contribution in [1.29, 1.82) is 0 Å². The van der Waals surface area contributed by atoms with Crippen LogP contribution in [0.25, 0.3) is 11.1 Å². The summed E-state index contributed by atoms with van der Waals surface area (Å²) in [5.41, 5.74) is 2.50. The van der Waals surface area contributed by atoms with Gasteiger partial charge in [-0.25, -0.2) is 18.6 Å². The number of pyridine rings is 1. The molecule has 0 unspecified atom stereocenters. The van der Waals surface area contributed by atoms with Gasteiger partial charge < -0.3 is 11.2 Å². The number of halogens is 3. The zero-order chi connectivity index (χ0) is 22.4. The van der Waals surface area contributed by atoms with Gasteiger partial charge in [0.15, 0.2) is 5.84 Å². The molecule has 2 amide bonds. The van der Waals surface area contributed by atoms with Crippen molar-refractivity contribution in [2.24, 2.45) is 16.0 Å². The number of hydroxylamine groups is 2. The van der Waals surface area contributed by atoms with Gasteiger partial charge in [0.05, 0.1) is 23.8 Å². The molecule has 0 fully saturated rings. The first kappa shape index (κ1) is 23.0. The van der Waals surface area contributed by atoms with E-state index in [-0.39, 0.29) is 39.8 Å². The van der Waals surface area contributed by atoms with E-state index in [4.69, 9.17) is 17.4 Å². The number of aromatic nitrogens is 1. The fourth-order valence-corrected chi connectivity index (χ4v) is 2.69. The van der Waals surface area contributed by atoms with Gasteiger partial charge in [0.2, 0.25) is 0 Å². The highest BCUT2D eigenvalue weighted by molar-refractivity contribution is 6.31. The number of urea groups is 1. The van der Waals surface area contributed by atoms with Gasteiger partial charge in [-0.15, -0.1) is 0 Å². The Morgan fingerprint density at radius 2 is 2.07 bits per heavy atom. The number of amides is 2. The number of hydrazone groups is 2. The van der Waals surface area contributed by atoms with Crippen LogP contribution >= 0.6 is 11.6 Å². The molecule has 30 heavy (non-hydrogen) atoms. The molecule has 2 aromatic rings. The molecule has 0 saturated heterocycles. The van der Waals surface area contributed by atoms with E-state index < -0.39 is 23.7 Å². The van der Waals surface area contributed by atoms with Gasteiger partial charge in [-0.05, 0) is 37.6 Å². The van der Waals surface area contributed by atoms with Gasteiger partial charge in [-0.2, -0.15) is 10.2 Å². The molecule has 0 atom stereocenters. The van der Waals surface area contributed by atoms with Gasteiger partial charge in [-0.3, -0.25) is 15.6 Å². The maximum absolute atomic E-state index is 14.6. The molecular formula is C18H20ClF2N7O2. The second-order valence-corrected chi connectivity index (χ2v) is 6.74. The molecule has 1 aromatic carbocycles. The van der Waals surface area contributed by atoms with Crippen LogP contribution in [0.5, 0.6) is 0 Å². The fraction of sp³-hybridized carbons (Fsp3) is 0.222. The molecule has 160 valence electrons. The molecule has 1 heterocycles. The Kier molecular flexibility index (Phi) is 7.61. The number of nitrogens with one attached hydrogen (secondary N) is 2. The van der Waals surface area contributed by atoms with E-state index in [1.54, 1.807) is 13.8 Å². The van der Waals surface area contributed by atoms with Crippen LogP contribution in [0, 0.1) is 11.6 Å². The number of benzene rings is 1. The lowest BCUT2D eigenvalue weighted by molar-refractivity contribution is -0.0679. The number of nitrogens with two attached hydrogens (primary N) is 1. The van der Waals surface area contributed by atoms with Gasteiger partial charge in [0.25, 0.3) is 0 Å². The summed E-state index contributed by atoms with van der Waals surface area (Å²) in [5, 5.41) is 19.3. The summed E-state index contributed by atoms with van der Waals surface area (Å²) < 4.78 is 29.2. The van der Waals surface area contributed by atoms with Crippen molar-refractivity contribution in [1.82, 2.24) is 20.8 Å². The Balaban J connectivity index is 2.39. The van der Waals surface area contributed by atoms with E-state index in [9.17, 15) is 18.8 Å². The van der Waals surface area contributed by atoms with Crippen molar-refractivity contribution >= 4 is 30.2 Å². The molecule has 12 heteroatoms. The second kappa shape index (κ2) is 9.94. The topological polar surface area (TPSA) is 128 Å². The van der Waals surface area contributed by atoms with Crippen LogP contribution in [0.3, 0.4) is 0 Å². The van der Waals surface area contributed by atoms with Crippen molar-refractivity contribution < 1.29 is 18.8 Å². The smallest absolute Gasteiger partial charge is 0.330 e. The Morgan fingerprint density at radius 1 is 1.37 bits per heavy atom. The number of amidine groups is 1. The lowest BCUT2D eigenvalue weighted by Gasteiger charge is -2.19. The average Bonchev–Trinajstić information content (AvgIpc) is 2.70. The monoisotopic (exact) mass is 439 g/mol. The number of hydrogen-bond donors (Lipinski definition) is 4. The summed E-state index contributed by atoms with van der Waals surface area (Å²) in [6, 6.07) is 2.26. The highest BCUT2D eigenvalue weighted by Crippen LogP contribution is 2.30. The number of carbonyl (C=O) groups is 1. The van der Waals surface area contributed by atoms with Gasteiger partial charge in [0.1, 0.15) is 11.6 Å². The Morgan fingerprint density at radius 3 is 2.63 bits per heavy atom. The molecule has 0 radical (unpaired) electrons. The molecule has 0 bridgehead atoms. The normalized spacial score (nSPS) is 11.4. The van der Waals surface area contributed by atoms with Crippen molar-refractivity contribution in [2.75, 3.05) is 0 Å². The second-order valence-electron chi connectivity index (χ2n) is 6.31. The van der Waals surface area contributed by atoms with Crippen molar-refractivity contribution in [3.05, 3.63) is 52.3 Å². The zero-order valence-corrected chi connectivity index (χ0v) is 16.9. The number of hydrogen-bond acceptors (Lipinski definition) is 6. The minimum absolute atomic E-state index is 0.0580. The molecule has 0 aliphatic rings. The average molecular weight is 440 g/mol. The number of carbonyl (C=O) groups excluding carboxylic acids is 1. The maximum atomic E-state index is 14.6.